The van der Waals surface area contributed by atoms with Gasteiger partial charge in [0.2, 0.25) is 0 Å². The number of aromatic nitrogens is 2. The number of hydrogen-bond acceptors (Lipinski definition) is 4. The van der Waals surface area contributed by atoms with Crippen LogP contribution < -0.4 is 0 Å². The Bertz CT molecular complexity index is 1140. The fourth-order valence-corrected chi connectivity index (χ4v) is 5.61. The molecule has 1 aromatic heterocycles. The van der Waals surface area contributed by atoms with Gasteiger partial charge in [-0.3, -0.25) is 4.90 Å². The van der Waals surface area contributed by atoms with E-state index in [0.717, 1.165) is 37.1 Å². The van der Waals surface area contributed by atoms with Gasteiger partial charge in [-0.25, -0.2) is 14.8 Å². The molecule has 5 heteroatoms. The molecule has 1 aliphatic carbocycles. The summed E-state index contributed by atoms with van der Waals surface area (Å²) in [6, 6.07) is 18.9. The molecule has 2 unspecified atom stereocenters. The van der Waals surface area contributed by atoms with E-state index in [4.69, 9.17) is 4.74 Å². The van der Waals surface area contributed by atoms with Gasteiger partial charge in [0.25, 0.3) is 0 Å². The highest BCUT2D eigenvalue weighted by molar-refractivity contribution is 5.79. The van der Waals surface area contributed by atoms with Gasteiger partial charge in [0.1, 0.15) is 6.61 Å². The lowest BCUT2D eigenvalue weighted by Gasteiger charge is -2.44. The molecule has 0 spiro atoms. The van der Waals surface area contributed by atoms with E-state index in [1.807, 2.05) is 11.0 Å². The molecule has 32 heavy (non-hydrogen) atoms. The van der Waals surface area contributed by atoms with Gasteiger partial charge in [-0.15, -0.1) is 0 Å². The second-order valence-corrected chi connectivity index (χ2v) is 8.83. The minimum atomic E-state index is -0.203. The standard InChI is InChI=1S/C27H25N3O2/c31-27(30-19-7-5-8-20(30)16-18(15-19)26-28-13-6-14-29-26)32-17-25-23-11-3-1-9-21(23)22-10-2-4-12-24(22)25/h1-4,6,9-15,19-20,25H,5,7-8,16-17H2. The van der Waals surface area contributed by atoms with Crippen molar-refractivity contribution in [2.45, 2.75) is 43.7 Å². The zero-order valence-electron chi connectivity index (χ0n) is 17.9. The SMILES string of the molecule is O=C(OCC1c2ccccc2-c2ccccc21)N1C2C=C(c3ncccn3)CC1CCC2. The number of benzene rings is 2. The molecule has 2 aliphatic heterocycles. The third-order valence-electron chi connectivity index (χ3n) is 7.04. The van der Waals surface area contributed by atoms with Crippen LogP contribution in [0.4, 0.5) is 4.79 Å². The number of nitrogens with zero attached hydrogens (tertiary/aromatic N) is 3. The smallest absolute Gasteiger partial charge is 0.410 e. The van der Waals surface area contributed by atoms with E-state index in [1.165, 1.54) is 22.3 Å². The van der Waals surface area contributed by atoms with Crippen LogP contribution in [0.5, 0.6) is 0 Å². The van der Waals surface area contributed by atoms with Crippen molar-refractivity contribution < 1.29 is 9.53 Å². The number of carbonyl (C=O) groups is 1. The fraction of sp³-hybridized carbons (Fsp3) is 0.296. The summed E-state index contributed by atoms with van der Waals surface area (Å²) in [4.78, 5) is 24.1. The number of hydrogen-bond donors (Lipinski definition) is 0. The third kappa shape index (κ3) is 3.20. The van der Waals surface area contributed by atoms with Crippen LogP contribution in [0.3, 0.4) is 0 Å². The Morgan fingerprint density at radius 1 is 0.938 bits per heavy atom. The number of piperidine rings is 1. The summed E-state index contributed by atoms with van der Waals surface area (Å²) in [5.74, 6) is 0.858. The first kappa shape index (κ1) is 19.2. The first-order valence-electron chi connectivity index (χ1n) is 11.4. The molecule has 3 aliphatic rings. The fourth-order valence-electron chi connectivity index (χ4n) is 5.61. The molecule has 6 rings (SSSR count). The van der Waals surface area contributed by atoms with E-state index in [1.54, 1.807) is 12.4 Å². The molecule has 1 amide bonds. The van der Waals surface area contributed by atoms with Crippen LogP contribution in [0.15, 0.2) is 73.1 Å². The van der Waals surface area contributed by atoms with Crippen molar-refractivity contribution in [2.24, 2.45) is 0 Å². The number of carbonyl (C=O) groups excluding carboxylic acids is 1. The highest BCUT2D eigenvalue weighted by Crippen LogP contribution is 2.45. The second kappa shape index (κ2) is 7.90. The maximum absolute atomic E-state index is 13.3. The van der Waals surface area contributed by atoms with E-state index < -0.39 is 0 Å². The topological polar surface area (TPSA) is 55.3 Å². The van der Waals surface area contributed by atoms with E-state index in [9.17, 15) is 4.79 Å². The van der Waals surface area contributed by atoms with Crippen molar-refractivity contribution in [1.82, 2.24) is 14.9 Å². The van der Waals surface area contributed by atoms with Gasteiger partial charge in [0, 0.05) is 24.4 Å². The second-order valence-electron chi connectivity index (χ2n) is 8.83. The van der Waals surface area contributed by atoms with Crippen LogP contribution in [0.1, 0.15) is 48.6 Å². The molecular formula is C27H25N3O2. The lowest BCUT2D eigenvalue weighted by Crippen LogP contribution is -2.52. The summed E-state index contributed by atoms with van der Waals surface area (Å²) in [6.45, 7) is 0.362. The van der Waals surface area contributed by atoms with Gasteiger partial charge < -0.3 is 4.74 Å². The highest BCUT2D eigenvalue weighted by atomic mass is 16.6. The van der Waals surface area contributed by atoms with Crippen molar-refractivity contribution in [3.05, 3.63) is 90.0 Å². The average Bonchev–Trinajstić information content (AvgIpc) is 3.16. The lowest BCUT2D eigenvalue weighted by atomic mass is 9.85. The van der Waals surface area contributed by atoms with Crippen LogP contribution in [0, 0.1) is 0 Å². The first-order chi connectivity index (χ1) is 15.8. The quantitative estimate of drug-likeness (QED) is 0.563. The molecule has 1 saturated heterocycles. The zero-order valence-corrected chi connectivity index (χ0v) is 17.9. The van der Waals surface area contributed by atoms with Crippen molar-refractivity contribution in [2.75, 3.05) is 6.61 Å². The average molecular weight is 424 g/mol. The summed E-state index contributed by atoms with van der Waals surface area (Å²) < 4.78 is 5.98. The third-order valence-corrected chi connectivity index (χ3v) is 7.04. The normalized spacial score (nSPS) is 21.5. The molecule has 5 nitrogen and oxygen atoms in total. The number of ether oxygens (including phenoxy) is 1. The van der Waals surface area contributed by atoms with Gasteiger partial charge in [-0.2, -0.15) is 0 Å². The van der Waals surface area contributed by atoms with E-state index in [-0.39, 0.29) is 24.1 Å². The summed E-state index contributed by atoms with van der Waals surface area (Å²) in [7, 11) is 0. The summed E-state index contributed by atoms with van der Waals surface area (Å²) >= 11 is 0. The molecule has 0 radical (unpaired) electrons. The Kier molecular flexibility index (Phi) is 4.75. The van der Waals surface area contributed by atoms with Crippen molar-refractivity contribution in [3.63, 3.8) is 0 Å². The molecule has 3 heterocycles. The van der Waals surface area contributed by atoms with Crippen molar-refractivity contribution in [1.29, 1.82) is 0 Å². The maximum atomic E-state index is 13.3. The number of rotatable bonds is 3. The Morgan fingerprint density at radius 3 is 2.31 bits per heavy atom. The Hall–Kier alpha value is -3.47. The molecular weight excluding hydrogens is 398 g/mol. The van der Waals surface area contributed by atoms with Crippen LogP contribution >= 0.6 is 0 Å². The molecule has 2 atom stereocenters. The van der Waals surface area contributed by atoms with E-state index >= 15 is 0 Å². The minimum Gasteiger partial charge on any atom is -0.448 e. The summed E-state index contributed by atoms with van der Waals surface area (Å²) in [5, 5.41) is 0. The maximum Gasteiger partial charge on any atom is 0.410 e. The van der Waals surface area contributed by atoms with E-state index in [2.05, 4.69) is 64.6 Å². The van der Waals surface area contributed by atoms with E-state index in [0.29, 0.717) is 6.61 Å². The van der Waals surface area contributed by atoms with Crippen LogP contribution in [0.25, 0.3) is 16.7 Å². The minimum absolute atomic E-state index is 0.0527. The zero-order chi connectivity index (χ0) is 21.5. The molecule has 0 saturated carbocycles. The van der Waals surface area contributed by atoms with Gasteiger partial charge in [0.05, 0.1) is 6.04 Å². The highest BCUT2D eigenvalue weighted by Gasteiger charge is 2.39. The predicted molar refractivity (Wildman–Crippen MR) is 123 cm³/mol. The predicted octanol–water partition coefficient (Wildman–Crippen LogP) is 5.44. The largest absolute Gasteiger partial charge is 0.448 e. The molecule has 3 aromatic rings. The van der Waals surface area contributed by atoms with Gasteiger partial charge in [-0.1, -0.05) is 54.6 Å². The lowest BCUT2D eigenvalue weighted by molar-refractivity contribution is 0.0538. The molecule has 0 N–H and O–H groups in total. The number of amides is 1. The van der Waals surface area contributed by atoms with Gasteiger partial charge >= 0.3 is 6.09 Å². The van der Waals surface area contributed by atoms with Crippen LogP contribution in [0.2, 0.25) is 0 Å². The first-order valence-corrected chi connectivity index (χ1v) is 11.4. The van der Waals surface area contributed by atoms with Crippen molar-refractivity contribution >= 4 is 11.7 Å². The summed E-state index contributed by atoms with van der Waals surface area (Å²) in [5.41, 5.74) is 6.11. The summed E-state index contributed by atoms with van der Waals surface area (Å²) in [6.07, 6.45) is 9.38. The number of fused-ring (bicyclic) bond motifs is 5. The van der Waals surface area contributed by atoms with Crippen LogP contribution in [-0.4, -0.2) is 39.7 Å². The van der Waals surface area contributed by atoms with Gasteiger partial charge in [0.15, 0.2) is 5.82 Å². The Morgan fingerprint density at radius 2 is 1.62 bits per heavy atom. The Balaban J connectivity index is 1.22. The van der Waals surface area contributed by atoms with Crippen molar-refractivity contribution in [3.8, 4) is 11.1 Å². The van der Waals surface area contributed by atoms with Crippen LogP contribution in [-0.2, 0) is 4.74 Å². The molecule has 2 bridgehead atoms. The Labute approximate surface area is 187 Å². The monoisotopic (exact) mass is 423 g/mol. The molecule has 1 fully saturated rings. The molecule has 160 valence electrons. The molecule has 2 aromatic carbocycles. The van der Waals surface area contributed by atoms with Gasteiger partial charge in [-0.05, 0) is 59.6 Å².